The fraction of sp³-hybridized carbons (Fsp3) is 0.185. The second kappa shape index (κ2) is 10.6. The van der Waals surface area contributed by atoms with Gasteiger partial charge in [-0.05, 0) is 54.6 Å². The van der Waals surface area contributed by atoms with E-state index < -0.39 is 31.3 Å². The molecule has 15 heteroatoms. The van der Waals surface area contributed by atoms with Crippen LogP contribution < -0.4 is 9.44 Å². The van der Waals surface area contributed by atoms with Gasteiger partial charge in [-0.1, -0.05) is 39.0 Å². The lowest BCUT2D eigenvalue weighted by molar-refractivity contribution is 0.557. The van der Waals surface area contributed by atoms with Gasteiger partial charge in [0.1, 0.15) is 5.69 Å². The molecule has 0 saturated heterocycles. The summed E-state index contributed by atoms with van der Waals surface area (Å²) in [5.74, 6) is -0.528. The van der Waals surface area contributed by atoms with Gasteiger partial charge < -0.3 is 0 Å². The predicted molar refractivity (Wildman–Crippen MR) is 158 cm³/mol. The Bertz CT molecular complexity index is 2010. The van der Waals surface area contributed by atoms with E-state index in [2.05, 4.69) is 34.9 Å². The molecule has 3 N–H and O–H groups in total. The number of anilines is 2. The Morgan fingerprint density at radius 1 is 0.881 bits per heavy atom. The van der Waals surface area contributed by atoms with Crippen LogP contribution in [0.1, 0.15) is 26.5 Å². The standard InChI is InChI=1S/C27H27FN8O4S2/c1-27(2,3)24-23(26-29-25(33-36(26)32-24)17-10-12-19(13-11-17)34-41(4,37)38)31-30-22-15-14-20(16-21(22)28)42(39,40)35-18-8-6-5-7-9-18/h5-16,32,34-35H,1-4H3. The maximum absolute atomic E-state index is 15.0. The number of para-hydroxylation sites is 1. The largest absolute Gasteiger partial charge is 0.284 e. The highest BCUT2D eigenvalue weighted by atomic mass is 32.2. The maximum atomic E-state index is 15.0. The lowest BCUT2D eigenvalue weighted by Gasteiger charge is -2.16. The number of hydrogen-bond donors (Lipinski definition) is 3. The van der Waals surface area contributed by atoms with Crippen molar-refractivity contribution in [2.24, 2.45) is 10.2 Å². The van der Waals surface area contributed by atoms with E-state index in [4.69, 9.17) is 0 Å². The summed E-state index contributed by atoms with van der Waals surface area (Å²) < 4.78 is 69.7. The van der Waals surface area contributed by atoms with E-state index in [-0.39, 0.29) is 10.6 Å². The molecule has 0 saturated carbocycles. The van der Waals surface area contributed by atoms with Crippen molar-refractivity contribution in [2.45, 2.75) is 31.1 Å². The molecule has 5 rings (SSSR count). The monoisotopic (exact) mass is 610 g/mol. The molecular weight excluding hydrogens is 583 g/mol. The lowest BCUT2D eigenvalue weighted by Crippen LogP contribution is -2.13. The van der Waals surface area contributed by atoms with Crippen LogP contribution in [0.3, 0.4) is 0 Å². The summed E-state index contributed by atoms with van der Waals surface area (Å²) in [6.07, 6.45) is 1.06. The minimum Gasteiger partial charge on any atom is -0.284 e. The molecule has 0 unspecified atom stereocenters. The molecular formula is C27H27FN8O4S2. The van der Waals surface area contributed by atoms with Crippen LogP contribution in [0.2, 0.25) is 0 Å². The number of sulfonamides is 2. The molecule has 218 valence electrons. The first-order chi connectivity index (χ1) is 19.7. The average molecular weight is 611 g/mol. The molecule has 0 radical (unpaired) electrons. The van der Waals surface area contributed by atoms with Crippen molar-refractivity contribution < 1.29 is 21.2 Å². The van der Waals surface area contributed by atoms with E-state index in [0.717, 1.165) is 12.3 Å². The molecule has 0 aliphatic rings. The summed E-state index contributed by atoms with van der Waals surface area (Å²) in [5.41, 5.74) is 2.08. The van der Waals surface area contributed by atoms with E-state index in [9.17, 15) is 16.8 Å². The van der Waals surface area contributed by atoms with Gasteiger partial charge in [-0.2, -0.15) is 4.63 Å². The molecule has 0 bridgehead atoms. The molecule has 0 aliphatic heterocycles. The zero-order valence-corrected chi connectivity index (χ0v) is 24.6. The van der Waals surface area contributed by atoms with Gasteiger partial charge in [-0.25, -0.2) is 26.2 Å². The lowest BCUT2D eigenvalue weighted by atomic mass is 9.91. The molecule has 0 aliphatic carbocycles. The maximum Gasteiger partial charge on any atom is 0.261 e. The average Bonchev–Trinajstić information content (AvgIpc) is 3.47. The number of nitrogens with one attached hydrogen (secondary N) is 3. The highest BCUT2D eigenvalue weighted by Gasteiger charge is 2.26. The quantitative estimate of drug-likeness (QED) is 0.190. The van der Waals surface area contributed by atoms with Gasteiger partial charge in [0, 0.05) is 22.4 Å². The van der Waals surface area contributed by atoms with E-state index in [1.807, 2.05) is 20.8 Å². The summed E-state index contributed by atoms with van der Waals surface area (Å²) in [5, 5.41) is 16.0. The summed E-state index contributed by atoms with van der Waals surface area (Å²) >= 11 is 0. The third-order valence-corrected chi connectivity index (χ3v) is 7.97. The Hall–Kier alpha value is -4.63. The third kappa shape index (κ3) is 6.31. The second-order valence-corrected chi connectivity index (χ2v) is 13.9. The number of H-pyrrole nitrogens is 1. The van der Waals surface area contributed by atoms with Gasteiger partial charge in [0.25, 0.3) is 10.0 Å². The minimum atomic E-state index is -4.02. The second-order valence-electron chi connectivity index (χ2n) is 10.5. The van der Waals surface area contributed by atoms with Crippen molar-refractivity contribution >= 4 is 48.4 Å². The highest BCUT2D eigenvalue weighted by molar-refractivity contribution is 7.92. The zero-order chi connectivity index (χ0) is 30.3. The minimum absolute atomic E-state index is 0.165. The molecule has 0 atom stereocenters. The van der Waals surface area contributed by atoms with Gasteiger partial charge in [0.2, 0.25) is 15.7 Å². The Balaban J connectivity index is 1.46. The first kappa shape index (κ1) is 28.9. The van der Waals surface area contributed by atoms with Gasteiger partial charge in [-0.3, -0.25) is 14.5 Å². The molecule has 0 fully saturated rings. The van der Waals surface area contributed by atoms with Gasteiger partial charge in [0.05, 0.1) is 16.8 Å². The van der Waals surface area contributed by atoms with Crippen LogP contribution in [-0.4, -0.2) is 42.9 Å². The van der Waals surface area contributed by atoms with Crippen molar-refractivity contribution in [3.05, 3.63) is 84.3 Å². The van der Waals surface area contributed by atoms with Gasteiger partial charge >= 0.3 is 0 Å². The van der Waals surface area contributed by atoms with Crippen molar-refractivity contribution in [2.75, 3.05) is 15.7 Å². The predicted octanol–water partition coefficient (Wildman–Crippen LogP) is 5.75. The number of aromatic nitrogens is 4. The number of fused-ring (bicyclic) bond motifs is 1. The van der Waals surface area contributed by atoms with Crippen LogP contribution >= 0.6 is 0 Å². The fourth-order valence-electron chi connectivity index (χ4n) is 4.02. The van der Waals surface area contributed by atoms with Crippen LogP contribution in [0.4, 0.5) is 27.1 Å². The Morgan fingerprint density at radius 2 is 1.55 bits per heavy atom. The van der Waals surface area contributed by atoms with Crippen LogP contribution in [-0.2, 0) is 25.5 Å². The number of hydrogen-bond acceptors (Lipinski definition) is 8. The molecule has 0 spiro atoms. The Kier molecular flexibility index (Phi) is 7.32. The first-order valence-corrected chi connectivity index (χ1v) is 15.9. The normalized spacial score (nSPS) is 12.7. The Morgan fingerprint density at radius 3 is 2.17 bits per heavy atom. The third-order valence-electron chi connectivity index (χ3n) is 5.98. The van der Waals surface area contributed by atoms with Crippen LogP contribution in [0.5, 0.6) is 0 Å². The Labute approximate surface area is 241 Å². The number of halogens is 1. The van der Waals surface area contributed by atoms with E-state index in [0.29, 0.717) is 39.8 Å². The number of aromatic amines is 1. The van der Waals surface area contributed by atoms with Crippen LogP contribution in [0, 0.1) is 5.82 Å². The van der Waals surface area contributed by atoms with E-state index >= 15 is 4.39 Å². The molecule has 2 aromatic heterocycles. The number of nitrogens with zero attached hydrogens (tertiary/aromatic N) is 5. The van der Waals surface area contributed by atoms with Gasteiger partial charge in [0.15, 0.2) is 17.3 Å². The first-order valence-electron chi connectivity index (χ1n) is 12.6. The van der Waals surface area contributed by atoms with E-state index in [1.165, 1.54) is 16.8 Å². The van der Waals surface area contributed by atoms with Gasteiger partial charge in [-0.15, -0.1) is 15.3 Å². The van der Waals surface area contributed by atoms with Crippen LogP contribution in [0.25, 0.3) is 17.0 Å². The van der Waals surface area contributed by atoms with Crippen LogP contribution in [0.15, 0.2) is 87.9 Å². The molecule has 0 amide bonds. The fourth-order valence-corrected chi connectivity index (χ4v) is 5.65. The number of azo groups is 1. The topological polar surface area (TPSA) is 163 Å². The molecule has 3 aromatic carbocycles. The molecule has 2 heterocycles. The SMILES string of the molecule is CC(C)(C)c1[nH]n2nc(-c3ccc(NS(C)(=O)=O)cc3)nc2c1N=Nc1ccc(S(=O)(=O)Nc2ccccc2)cc1F. The van der Waals surface area contributed by atoms with Crippen molar-refractivity contribution in [1.82, 2.24) is 19.8 Å². The summed E-state index contributed by atoms with van der Waals surface area (Å²) in [7, 11) is -7.44. The van der Waals surface area contributed by atoms with Crippen molar-refractivity contribution in [3.8, 4) is 11.4 Å². The van der Waals surface area contributed by atoms with Crippen molar-refractivity contribution in [1.29, 1.82) is 0 Å². The summed E-state index contributed by atoms with van der Waals surface area (Å²) in [6.45, 7) is 5.85. The highest BCUT2D eigenvalue weighted by Crippen LogP contribution is 2.36. The molecule has 12 nitrogen and oxygen atoms in total. The zero-order valence-electron chi connectivity index (χ0n) is 23.0. The number of rotatable bonds is 8. The van der Waals surface area contributed by atoms with E-state index in [1.54, 1.807) is 54.6 Å². The molecule has 42 heavy (non-hydrogen) atoms. The molecule has 5 aromatic rings. The number of benzene rings is 3. The smallest absolute Gasteiger partial charge is 0.261 e. The summed E-state index contributed by atoms with van der Waals surface area (Å²) in [6, 6.07) is 18.2. The summed E-state index contributed by atoms with van der Waals surface area (Å²) in [4.78, 5) is 4.33. The van der Waals surface area contributed by atoms with Crippen molar-refractivity contribution in [3.63, 3.8) is 0 Å².